The largest absolute Gasteiger partial charge is 0.361 e. The Morgan fingerprint density at radius 2 is 2.08 bits per heavy atom. The van der Waals surface area contributed by atoms with Crippen LogP contribution in [0, 0.1) is 0 Å². The van der Waals surface area contributed by atoms with Crippen LogP contribution >= 0.6 is 39.5 Å². The Hall–Kier alpha value is -1.97. The standard InChI is InChI=1S/C17H18BrN5OS2/c1-2-7-19-16(25)22-21-15(24)8-13-10-26-17-20-14(9-23(13)17)11-3-5-12(18)6-4-11/h3-6,9-10H,2,7-8H2,1H3,(H,21,24)(H2,19,22,25). The molecule has 136 valence electrons. The number of carbonyl (C=O) groups is 1. The van der Waals surface area contributed by atoms with Gasteiger partial charge >= 0.3 is 0 Å². The van der Waals surface area contributed by atoms with Gasteiger partial charge in [-0.05, 0) is 30.8 Å². The Morgan fingerprint density at radius 3 is 2.81 bits per heavy atom. The van der Waals surface area contributed by atoms with E-state index >= 15 is 0 Å². The highest BCUT2D eigenvalue weighted by atomic mass is 79.9. The fourth-order valence-corrected chi connectivity index (χ4v) is 3.62. The van der Waals surface area contributed by atoms with Crippen LogP contribution in [-0.4, -0.2) is 26.9 Å². The molecule has 0 spiro atoms. The molecule has 2 heterocycles. The van der Waals surface area contributed by atoms with Gasteiger partial charge in [0.05, 0.1) is 12.1 Å². The molecule has 0 aliphatic heterocycles. The number of hydrazine groups is 1. The quantitative estimate of drug-likeness (QED) is 0.410. The molecule has 9 heteroatoms. The number of amides is 1. The Balaban J connectivity index is 1.66. The maximum absolute atomic E-state index is 12.2. The number of nitrogens with one attached hydrogen (secondary N) is 3. The van der Waals surface area contributed by atoms with Crippen LogP contribution < -0.4 is 16.2 Å². The van der Waals surface area contributed by atoms with E-state index in [1.807, 2.05) is 47.2 Å². The van der Waals surface area contributed by atoms with E-state index in [9.17, 15) is 4.79 Å². The zero-order chi connectivity index (χ0) is 18.5. The van der Waals surface area contributed by atoms with E-state index in [1.165, 1.54) is 11.3 Å². The van der Waals surface area contributed by atoms with Crippen LogP contribution in [0.4, 0.5) is 0 Å². The number of thiazole rings is 1. The van der Waals surface area contributed by atoms with E-state index in [1.54, 1.807) is 0 Å². The molecule has 0 saturated heterocycles. The number of halogens is 1. The van der Waals surface area contributed by atoms with Crippen molar-refractivity contribution in [1.82, 2.24) is 25.6 Å². The van der Waals surface area contributed by atoms with E-state index in [4.69, 9.17) is 12.2 Å². The van der Waals surface area contributed by atoms with E-state index in [0.717, 1.165) is 39.4 Å². The summed E-state index contributed by atoms with van der Waals surface area (Å²) in [4.78, 5) is 17.6. The van der Waals surface area contributed by atoms with Gasteiger partial charge in [-0.25, -0.2) is 4.98 Å². The Kier molecular flexibility index (Phi) is 6.23. The molecule has 3 N–H and O–H groups in total. The van der Waals surface area contributed by atoms with Crippen LogP contribution in [0.1, 0.15) is 19.0 Å². The van der Waals surface area contributed by atoms with Crippen molar-refractivity contribution in [3.8, 4) is 11.3 Å². The SMILES string of the molecule is CCCNC(=S)NNC(=O)Cc1csc2nc(-c3ccc(Br)cc3)cn12. The van der Waals surface area contributed by atoms with Crippen molar-refractivity contribution in [3.63, 3.8) is 0 Å². The summed E-state index contributed by atoms with van der Waals surface area (Å²) in [5, 5.41) is 5.35. The summed E-state index contributed by atoms with van der Waals surface area (Å²) in [7, 11) is 0. The lowest BCUT2D eigenvalue weighted by Crippen LogP contribution is -2.47. The van der Waals surface area contributed by atoms with Crippen molar-refractivity contribution < 1.29 is 4.79 Å². The van der Waals surface area contributed by atoms with E-state index in [0.29, 0.717) is 5.11 Å². The first kappa shape index (κ1) is 18.8. The van der Waals surface area contributed by atoms with E-state index in [2.05, 4.69) is 37.1 Å². The van der Waals surface area contributed by atoms with Crippen LogP contribution in [0.15, 0.2) is 40.3 Å². The van der Waals surface area contributed by atoms with Crippen molar-refractivity contribution in [2.75, 3.05) is 6.54 Å². The third kappa shape index (κ3) is 4.60. The van der Waals surface area contributed by atoms with Crippen LogP contribution in [-0.2, 0) is 11.2 Å². The molecule has 0 bridgehead atoms. The number of benzene rings is 1. The molecule has 3 aromatic rings. The molecule has 6 nitrogen and oxygen atoms in total. The summed E-state index contributed by atoms with van der Waals surface area (Å²) in [6.07, 6.45) is 3.15. The number of rotatable bonds is 5. The lowest BCUT2D eigenvalue weighted by Gasteiger charge is -2.10. The van der Waals surface area contributed by atoms with E-state index < -0.39 is 0 Å². The molecule has 0 radical (unpaired) electrons. The number of imidazole rings is 1. The second kappa shape index (κ2) is 8.61. The van der Waals surface area contributed by atoms with E-state index in [-0.39, 0.29) is 12.3 Å². The van der Waals surface area contributed by atoms with Gasteiger partial charge in [-0.1, -0.05) is 35.0 Å². The van der Waals surface area contributed by atoms with Crippen molar-refractivity contribution >= 4 is 55.5 Å². The van der Waals surface area contributed by atoms with Gasteiger partial charge in [0, 0.05) is 33.9 Å². The lowest BCUT2D eigenvalue weighted by molar-refractivity contribution is -0.121. The third-order valence-corrected chi connectivity index (χ3v) is 5.28. The van der Waals surface area contributed by atoms with Crippen molar-refractivity contribution in [1.29, 1.82) is 0 Å². The Morgan fingerprint density at radius 1 is 1.31 bits per heavy atom. The van der Waals surface area contributed by atoms with Crippen molar-refractivity contribution in [2.45, 2.75) is 19.8 Å². The average molecular weight is 452 g/mol. The number of fused-ring (bicyclic) bond motifs is 1. The number of hydrogen-bond donors (Lipinski definition) is 3. The molecule has 0 atom stereocenters. The van der Waals surface area contributed by atoms with Gasteiger partial charge in [0.1, 0.15) is 0 Å². The van der Waals surface area contributed by atoms with Crippen molar-refractivity contribution in [2.24, 2.45) is 0 Å². The van der Waals surface area contributed by atoms with Gasteiger partial charge in [-0.2, -0.15) is 0 Å². The van der Waals surface area contributed by atoms with Gasteiger partial charge < -0.3 is 5.32 Å². The summed E-state index contributed by atoms with van der Waals surface area (Å²) in [5.41, 5.74) is 8.12. The molecular formula is C17H18BrN5OS2. The summed E-state index contributed by atoms with van der Waals surface area (Å²) in [6.45, 7) is 2.81. The van der Waals surface area contributed by atoms with Crippen LogP contribution in [0.25, 0.3) is 16.2 Å². The topological polar surface area (TPSA) is 70.5 Å². The monoisotopic (exact) mass is 451 g/mol. The number of carbonyl (C=O) groups excluding carboxylic acids is 1. The number of nitrogens with zero attached hydrogens (tertiary/aromatic N) is 2. The van der Waals surface area contributed by atoms with Gasteiger partial charge in [0.15, 0.2) is 10.1 Å². The predicted octanol–water partition coefficient (Wildman–Crippen LogP) is 3.27. The molecule has 26 heavy (non-hydrogen) atoms. The molecule has 0 saturated carbocycles. The summed E-state index contributed by atoms with van der Waals surface area (Å²) in [5.74, 6) is -0.163. The molecule has 0 fully saturated rings. The minimum atomic E-state index is -0.163. The maximum Gasteiger partial charge on any atom is 0.244 e. The summed E-state index contributed by atoms with van der Waals surface area (Å²) >= 11 is 10.0. The first-order chi connectivity index (χ1) is 12.6. The zero-order valence-electron chi connectivity index (χ0n) is 14.1. The lowest BCUT2D eigenvalue weighted by atomic mass is 10.2. The second-order valence-corrected chi connectivity index (χ2v) is 7.78. The smallest absolute Gasteiger partial charge is 0.244 e. The molecule has 0 aliphatic carbocycles. The Labute approximate surface area is 169 Å². The number of aromatic nitrogens is 2. The van der Waals surface area contributed by atoms with Crippen LogP contribution in [0.5, 0.6) is 0 Å². The molecule has 3 rings (SSSR count). The highest BCUT2D eigenvalue weighted by molar-refractivity contribution is 9.10. The Bertz CT molecular complexity index is 919. The summed E-state index contributed by atoms with van der Waals surface area (Å²) in [6, 6.07) is 7.99. The second-order valence-electron chi connectivity index (χ2n) is 5.62. The summed E-state index contributed by atoms with van der Waals surface area (Å²) < 4.78 is 2.98. The minimum Gasteiger partial charge on any atom is -0.361 e. The van der Waals surface area contributed by atoms with Gasteiger partial charge in [-0.3, -0.25) is 20.0 Å². The molecular weight excluding hydrogens is 434 g/mol. The molecule has 0 unspecified atom stereocenters. The molecule has 1 amide bonds. The molecule has 0 aliphatic rings. The maximum atomic E-state index is 12.2. The highest BCUT2D eigenvalue weighted by Crippen LogP contribution is 2.25. The minimum absolute atomic E-state index is 0.163. The fraction of sp³-hybridized carbons (Fsp3) is 0.235. The normalized spacial score (nSPS) is 10.7. The average Bonchev–Trinajstić information content (AvgIpc) is 3.21. The van der Waals surface area contributed by atoms with Gasteiger partial charge in [-0.15, -0.1) is 11.3 Å². The number of hydrogen-bond acceptors (Lipinski definition) is 4. The molecule has 1 aromatic carbocycles. The first-order valence-corrected chi connectivity index (χ1v) is 10.2. The van der Waals surface area contributed by atoms with Gasteiger partial charge in [0.2, 0.25) is 5.91 Å². The molecule has 2 aromatic heterocycles. The first-order valence-electron chi connectivity index (χ1n) is 8.11. The van der Waals surface area contributed by atoms with Crippen LogP contribution in [0.2, 0.25) is 0 Å². The highest BCUT2D eigenvalue weighted by Gasteiger charge is 2.12. The van der Waals surface area contributed by atoms with Crippen molar-refractivity contribution in [3.05, 3.63) is 46.0 Å². The van der Waals surface area contributed by atoms with Crippen LogP contribution in [0.3, 0.4) is 0 Å². The number of thiocarbonyl (C=S) groups is 1. The van der Waals surface area contributed by atoms with Gasteiger partial charge in [0.25, 0.3) is 0 Å². The zero-order valence-corrected chi connectivity index (χ0v) is 17.3. The fourth-order valence-electron chi connectivity index (χ4n) is 2.33. The predicted molar refractivity (Wildman–Crippen MR) is 112 cm³/mol. The third-order valence-electron chi connectivity index (χ3n) is 3.62.